The van der Waals surface area contributed by atoms with Crippen LogP contribution in [-0.2, 0) is 0 Å². The first-order valence-electron chi connectivity index (χ1n) is 6.52. The lowest BCUT2D eigenvalue weighted by atomic mass is 10.1. The van der Waals surface area contributed by atoms with E-state index in [1.807, 2.05) is 0 Å². The minimum atomic E-state index is -0.563. The quantitative estimate of drug-likeness (QED) is 0.618. The highest BCUT2D eigenvalue weighted by Gasteiger charge is 2.21. The van der Waals surface area contributed by atoms with E-state index >= 15 is 0 Å². The minimum absolute atomic E-state index is 0. The van der Waals surface area contributed by atoms with Gasteiger partial charge in [-0.05, 0) is 19.9 Å². The van der Waals surface area contributed by atoms with Crippen LogP contribution in [-0.4, -0.2) is 37.9 Å². The molecule has 1 heterocycles. The minimum Gasteiger partial charge on any atom is -0.344 e. The molecule has 0 radical (unpaired) electrons. The number of benzene rings is 1. The molecule has 0 spiro atoms. The third-order valence-corrected chi connectivity index (χ3v) is 2.99. The lowest BCUT2D eigenvalue weighted by Gasteiger charge is -2.23. The van der Waals surface area contributed by atoms with Crippen molar-refractivity contribution in [3.63, 3.8) is 0 Å². The number of carbonyl (C=O) groups is 1. The fourth-order valence-corrected chi connectivity index (χ4v) is 1.67. The third-order valence-electron chi connectivity index (χ3n) is 2.99. The number of rotatable bonds is 5. The van der Waals surface area contributed by atoms with Gasteiger partial charge in [0, 0.05) is 24.2 Å². The van der Waals surface area contributed by atoms with Crippen LogP contribution in [0.25, 0.3) is 5.69 Å². The van der Waals surface area contributed by atoms with Gasteiger partial charge in [-0.15, -0.1) is 17.5 Å². The van der Waals surface area contributed by atoms with Crippen LogP contribution in [0.2, 0.25) is 0 Å². The van der Waals surface area contributed by atoms with Crippen molar-refractivity contribution in [2.75, 3.05) is 6.54 Å². The summed E-state index contributed by atoms with van der Waals surface area (Å²) in [7, 11) is 0. The number of carbonyl (C=O) groups excluding carboxylic acids is 1. The topological polar surface area (TPSA) is 129 Å². The smallest absolute Gasteiger partial charge is 0.273 e. The number of nitro groups is 1. The predicted octanol–water partition coefficient (Wildman–Crippen LogP) is 1.06. The van der Waals surface area contributed by atoms with Gasteiger partial charge in [0.05, 0.1) is 16.8 Å². The molecule has 0 unspecified atom stereocenters. The number of nitrogens with zero attached hydrogens (tertiary/aromatic N) is 4. The number of amides is 1. The molecule has 2 aromatic rings. The van der Waals surface area contributed by atoms with E-state index in [1.54, 1.807) is 19.9 Å². The van der Waals surface area contributed by atoms with Gasteiger partial charge in [-0.1, -0.05) is 11.3 Å². The summed E-state index contributed by atoms with van der Waals surface area (Å²) in [5.74, 6) is -0.410. The molecular weight excluding hydrogens is 324 g/mol. The lowest BCUT2D eigenvalue weighted by molar-refractivity contribution is -0.384. The molecule has 0 aliphatic rings. The third kappa shape index (κ3) is 4.47. The summed E-state index contributed by atoms with van der Waals surface area (Å²) >= 11 is 0. The van der Waals surface area contributed by atoms with Crippen LogP contribution in [0.15, 0.2) is 30.5 Å². The predicted molar refractivity (Wildman–Crippen MR) is 85.9 cm³/mol. The summed E-state index contributed by atoms with van der Waals surface area (Å²) in [6, 6.07) is 5.89. The van der Waals surface area contributed by atoms with Crippen molar-refractivity contribution in [3.05, 3.63) is 46.3 Å². The van der Waals surface area contributed by atoms with Crippen LogP contribution in [0.5, 0.6) is 0 Å². The highest BCUT2D eigenvalue weighted by Crippen LogP contribution is 2.16. The van der Waals surface area contributed by atoms with Crippen molar-refractivity contribution in [2.24, 2.45) is 5.73 Å². The van der Waals surface area contributed by atoms with E-state index in [9.17, 15) is 14.9 Å². The normalized spacial score (nSPS) is 10.7. The van der Waals surface area contributed by atoms with Gasteiger partial charge < -0.3 is 11.1 Å². The van der Waals surface area contributed by atoms with Crippen molar-refractivity contribution in [2.45, 2.75) is 19.4 Å². The van der Waals surface area contributed by atoms with Crippen LogP contribution in [0.1, 0.15) is 24.3 Å². The van der Waals surface area contributed by atoms with E-state index < -0.39 is 16.4 Å². The van der Waals surface area contributed by atoms with Crippen LogP contribution < -0.4 is 11.1 Å². The van der Waals surface area contributed by atoms with Crippen molar-refractivity contribution in [3.8, 4) is 5.69 Å². The molecule has 9 nitrogen and oxygen atoms in total. The average Bonchev–Trinajstić information content (AvgIpc) is 2.97. The second-order valence-electron chi connectivity index (χ2n) is 5.37. The summed E-state index contributed by atoms with van der Waals surface area (Å²) in [5, 5.41) is 21.1. The Balaban J connectivity index is 0.00000264. The van der Waals surface area contributed by atoms with Gasteiger partial charge >= 0.3 is 0 Å². The average molecular weight is 341 g/mol. The fraction of sp³-hybridized carbons (Fsp3) is 0.308. The second kappa shape index (κ2) is 7.16. The van der Waals surface area contributed by atoms with Gasteiger partial charge in [0.2, 0.25) is 0 Å². The molecule has 0 atom stereocenters. The van der Waals surface area contributed by atoms with Crippen LogP contribution in [0.3, 0.4) is 0 Å². The van der Waals surface area contributed by atoms with E-state index in [0.29, 0.717) is 5.69 Å². The Morgan fingerprint density at radius 1 is 1.48 bits per heavy atom. The van der Waals surface area contributed by atoms with E-state index in [4.69, 9.17) is 5.73 Å². The summed E-state index contributed by atoms with van der Waals surface area (Å²) in [4.78, 5) is 22.3. The zero-order valence-corrected chi connectivity index (χ0v) is 13.4. The Labute approximate surface area is 138 Å². The highest BCUT2D eigenvalue weighted by atomic mass is 35.5. The Bertz CT molecular complexity index is 715. The number of hydrogen-bond donors (Lipinski definition) is 2. The van der Waals surface area contributed by atoms with Gasteiger partial charge in [-0.25, -0.2) is 4.68 Å². The second-order valence-corrected chi connectivity index (χ2v) is 5.37. The standard InChI is InChI=1S/C13H16N6O3.ClH/c1-13(2,8-14)15-12(20)11-7-18(17-16-11)9-4-3-5-10(6-9)19(21)22;/h3-7H,8,14H2,1-2H3,(H,15,20);1H. The molecule has 1 aromatic heterocycles. The van der Waals surface area contributed by atoms with Crippen molar-refractivity contribution in [1.29, 1.82) is 0 Å². The number of halogens is 1. The summed E-state index contributed by atoms with van der Waals surface area (Å²) < 4.78 is 1.30. The lowest BCUT2D eigenvalue weighted by Crippen LogP contribution is -2.48. The Morgan fingerprint density at radius 3 is 2.78 bits per heavy atom. The Morgan fingerprint density at radius 2 is 2.17 bits per heavy atom. The first-order valence-corrected chi connectivity index (χ1v) is 6.52. The Kier molecular flexibility index (Phi) is 5.77. The zero-order chi connectivity index (χ0) is 16.3. The van der Waals surface area contributed by atoms with Crippen molar-refractivity contribution in [1.82, 2.24) is 20.3 Å². The molecule has 3 N–H and O–H groups in total. The van der Waals surface area contributed by atoms with E-state index in [1.165, 1.54) is 29.1 Å². The summed E-state index contributed by atoms with van der Waals surface area (Å²) in [6.07, 6.45) is 1.40. The molecule has 0 bridgehead atoms. The molecule has 0 aliphatic heterocycles. The maximum absolute atomic E-state index is 12.0. The van der Waals surface area contributed by atoms with Gasteiger partial charge in [-0.2, -0.15) is 0 Å². The monoisotopic (exact) mass is 340 g/mol. The first kappa shape index (κ1) is 18.5. The van der Waals surface area contributed by atoms with Gasteiger partial charge in [0.25, 0.3) is 11.6 Å². The maximum atomic E-state index is 12.0. The molecule has 10 heteroatoms. The maximum Gasteiger partial charge on any atom is 0.273 e. The molecule has 1 amide bonds. The van der Waals surface area contributed by atoms with E-state index in [-0.39, 0.29) is 30.3 Å². The SMILES string of the molecule is CC(C)(CN)NC(=O)c1cn(-c2cccc([N+](=O)[O-])c2)nn1.Cl. The highest BCUT2D eigenvalue weighted by molar-refractivity contribution is 5.92. The largest absolute Gasteiger partial charge is 0.344 e. The van der Waals surface area contributed by atoms with Gasteiger partial charge in [-0.3, -0.25) is 14.9 Å². The molecule has 0 saturated heterocycles. The molecule has 23 heavy (non-hydrogen) atoms. The fourth-order valence-electron chi connectivity index (χ4n) is 1.67. The zero-order valence-electron chi connectivity index (χ0n) is 12.6. The number of aromatic nitrogens is 3. The molecular formula is C13H17ClN6O3. The van der Waals surface area contributed by atoms with Crippen molar-refractivity contribution < 1.29 is 9.72 Å². The molecule has 0 saturated carbocycles. The Hall–Kier alpha value is -2.52. The number of nitrogens with two attached hydrogens (primary N) is 1. The molecule has 124 valence electrons. The van der Waals surface area contributed by atoms with E-state index in [2.05, 4.69) is 15.6 Å². The number of nitrogens with one attached hydrogen (secondary N) is 1. The summed E-state index contributed by atoms with van der Waals surface area (Å²) in [6.45, 7) is 3.85. The van der Waals surface area contributed by atoms with E-state index in [0.717, 1.165) is 0 Å². The molecule has 0 aliphatic carbocycles. The number of hydrogen-bond acceptors (Lipinski definition) is 6. The van der Waals surface area contributed by atoms with Crippen molar-refractivity contribution >= 4 is 24.0 Å². The van der Waals surface area contributed by atoms with Crippen LogP contribution in [0.4, 0.5) is 5.69 Å². The molecule has 2 rings (SSSR count). The molecule has 0 fully saturated rings. The van der Waals surface area contributed by atoms with Crippen LogP contribution in [0, 0.1) is 10.1 Å². The molecule has 1 aromatic carbocycles. The number of non-ortho nitro benzene ring substituents is 1. The first-order chi connectivity index (χ1) is 10.3. The summed E-state index contributed by atoms with van der Waals surface area (Å²) in [5.41, 5.74) is 5.47. The van der Waals surface area contributed by atoms with Crippen LogP contribution >= 0.6 is 12.4 Å². The van der Waals surface area contributed by atoms with Gasteiger partial charge in [0.15, 0.2) is 5.69 Å². The van der Waals surface area contributed by atoms with Gasteiger partial charge in [0.1, 0.15) is 0 Å². The number of nitro benzene ring substituents is 1.